The van der Waals surface area contributed by atoms with Crippen molar-refractivity contribution in [1.29, 1.82) is 0 Å². The summed E-state index contributed by atoms with van der Waals surface area (Å²) in [6.07, 6.45) is 4.57. The van der Waals surface area contributed by atoms with E-state index in [4.69, 9.17) is 11.6 Å². The zero-order chi connectivity index (χ0) is 14.2. The molecule has 1 saturated carbocycles. The average Bonchev–Trinajstić information content (AvgIpc) is 2.73. The molecular formula is C15H16ClN3O. The van der Waals surface area contributed by atoms with Gasteiger partial charge in [-0.05, 0) is 30.5 Å². The van der Waals surface area contributed by atoms with E-state index in [9.17, 15) is 4.79 Å². The van der Waals surface area contributed by atoms with E-state index in [1.54, 1.807) is 10.7 Å². The normalized spacial score (nSPS) is 16.5. The summed E-state index contributed by atoms with van der Waals surface area (Å²) in [6, 6.07) is 9.38. The zero-order valence-electron chi connectivity index (χ0n) is 11.3. The van der Waals surface area contributed by atoms with Crippen LogP contribution in [0.4, 0.5) is 5.82 Å². The van der Waals surface area contributed by atoms with E-state index in [0.29, 0.717) is 10.8 Å². The largest absolute Gasteiger partial charge is 0.308 e. The molecule has 0 aliphatic heterocycles. The number of halogens is 1. The first-order valence-electron chi connectivity index (χ1n) is 6.67. The summed E-state index contributed by atoms with van der Waals surface area (Å²) in [7, 11) is 1.83. The fourth-order valence-corrected chi connectivity index (χ4v) is 2.87. The van der Waals surface area contributed by atoms with Gasteiger partial charge in [0.2, 0.25) is 5.91 Å². The lowest BCUT2D eigenvalue weighted by Crippen LogP contribution is -2.46. The molecule has 1 aromatic carbocycles. The molecule has 3 rings (SSSR count). The second-order valence-electron chi connectivity index (χ2n) is 5.27. The van der Waals surface area contributed by atoms with E-state index in [-0.39, 0.29) is 5.91 Å². The van der Waals surface area contributed by atoms with Gasteiger partial charge in [0.15, 0.2) is 5.82 Å². The molecule has 0 saturated heterocycles. The molecule has 1 heterocycles. The Hall–Kier alpha value is -1.81. The van der Waals surface area contributed by atoms with Crippen molar-refractivity contribution >= 4 is 23.3 Å². The van der Waals surface area contributed by atoms with E-state index in [0.717, 1.165) is 24.8 Å². The summed E-state index contributed by atoms with van der Waals surface area (Å²) in [5.74, 6) is 0.593. The quantitative estimate of drug-likeness (QED) is 0.943. The highest BCUT2D eigenvalue weighted by atomic mass is 35.5. The number of aryl methyl sites for hydroxylation is 1. The summed E-state index contributed by atoms with van der Waals surface area (Å²) >= 11 is 6.05. The van der Waals surface area contributed by atoms with Crippen LogP contribution in [-0.2, 0) is 17.3 Å². The molecule has 5 heteroatoms. The predicted molar refractivity (Wildman–Crippen MR) is 78.8 cm³/mol. The number of benzene rings is 1. The van der Waals surface area contributed by atoms with Gasteiger partial charge in [-0.3, -0.25) is 9.48 Å². The first-order chi connectivity index (χ1) is 9.60. The van der Waals surface area contributed by atoms with E-state index in [1.165, 1.54) is 0 Å². The Balaban J connectivity index is 1.87. The molecule has 1 aliphatic carbocycles. The molecule has 1 fully saturated rings. The number of aromatic nitrogens is 2. The zero-order valence-corrected chi connectivity index (χ0v) is 12.0. The summed E-state index contributed by atoms with van der Waals surface area (Å²) < 4.78 is 1.67. The fraction of sp³-hybridized carbons (Fsp3) is 0.333. The molecule has 0 unspecified atom stereocenters. The smallest absolute Gasteiger partial charge is 0.236 e. The highest BCUT2D eigenvalue weighted by Crippen LogP contribution is 2.45. The molecular weight excluding hydrogens is 274 g/mol. The first-order valence-corrected chi connectivity index (χ1v) is 7.05. The summed E-state index contributed by atoms with van der Waals surface area (Å²) in [4.78, 5) is 12.6. The minimum Gasteiger partial charge on any atom is -0.308 e. The number of rotatable bonds is 3. The highest BCUT2D eigenvalue weighted by Gasteiger charge is 2.45. The lowest BCUT2D eigenvalue weighted by molar-refractivity contribution is -0.124. The number of carbonyl (C=O) groups excluding carboxylic acids is 1. The summed E-state index contributed by atoms with van der Waals surface area (Å²) in [5.41, 5.74) is 0.535. The second kappa shape index (κ2) is 4.94. The molecule has 1 aliphatic rings. The van der Waals surface area contributed by atoms with Crippen LogP contribution in [0.1, 0.15) is 24.8 Å². The first kappa shape index (κ1) is 13.2. The van der Waals surface area contributed by atoms with Crippen molar-refractivity contribution in [3.8, 4) is 0 Å². The molecule has 0 atom stereocenters. The number of carbonyl (C=O) groups is 1. The van der Waals surface area contributed by atoms with E-state index in [2.05, 4.69) is 10.4 Å². The van der Waals surface area contributed by atoms with Gasteiger partial charge in [0.05, 0.1) is 5.41 Å². The lowest BCUT2D eigenvalue weighted by Gasteiger charge is -2.40. The van der Waals surface area contributed by atoms with Crippen LogP contribution in [0, 0.1) is 0 Å². The number of anilines is 1. The van der Waals surface area contributed by atoms with Crippen LogP contribution < -0.4 is 5.32 Å². The van der Waals surface area contributed by atoms with Crippen molar-refractivity contribution in [2.24, 2.45) is 7.05 Å². The third kappa shape index (κ3) is 2.20. The number of hydrogen-bond donors (Lipinski definition) is 1. The third-order valence-corrected chi connectivity index (χ3v) is 4.21. The van der Waals surface area contributed by atoms with Crippen molar-refractivity contribution in [2.75, 3.05) is 5.32 Å². The van der Waals surface area contributed by atoms with E-state index in [1.807, 2.05) is 37.5 Å². The molecule has 1 amide bonds. The molecule has 0 spiro atoms. The predicted octanol–water partition coefficient (Wildman–Crippen LogP) is 3.13. The van der Waals surface area contributed by atoms with Crippen LogP contribution in [0.25, 0.3) is 0 Å². The van der Waals surface area contributed by atoms with Crippen molar-refractivity contribution < 1.29 is 4.79 Å². The number of nitrogens with one attached hydrogen (secondary N) is 1. The van der Waals surface area contributed by atoms with E-state index < -0.39 is 5.41 Å². The van der Waals surface area contributed by atoms with Crippen molar-refractivity contribution in [3.05, 3.63) is 47.1 Å². The molecule has 0 radical (unpaired) electrons. The van der Waals surface area contributed by atoms with Crippen molar-refractivity contribution in [3.63, 3.8) is 0 Å². The van der Waals surface area contributed by atoms with Crippen LogP contribution >= 0.6 is 11.6 Å². The van der Waals surface area contributed by atoms with Crippen LogP contribution in [-0.4, -0.2) is 15.7 Å². The summed E-state index contributed by atoms with van der Waals surface area (Å²) in [5, 5.41) is 7.77. The Bertz CT molecular complexity index is 646. The van der Waals surface area contributed by atoms with Crippen LogP contribution in [0.15, 0.2) is 36.5 Å². The molecule has 0 bridgehead atoms. The maximum absolute atomic E-state index is 12.6. The van der Waals surface area contributed by atoms with Crippen molar-refractivity contribution in [1.82, 2.24) is 9.78 Å². The van der Waals surface area contributed by atoms with Gasteiger partial charge in [-0.1, -0.05) is 30.2 Å². The van der Waals surface area contributed by atoms with Gasteiger partial charge >= 0.3 is 0 Å². The molecule has 1 N–H and O–H groups in total. The van der Waals surface area contributed by atoms with Gasteiger partial charge < -0.3 is 5.32 Å². The highest BCUT2D eigenvalue weighted by molar-refractivity contribution is 6.30. The van der Waals surface area contributed by atoms with Gasteiger partial charge in [-0.15, -0.1) is 0 Å². The number of amides is 1. The molecule has 4 nitrogen and oxygen atoms in total. The Labute approximate surface area is 122 Å². The van der Waals surface area contributed by atoms with Crippen molar-refractivity contribution in [2.45, 2.75) is 24.7 Å². The van der Waals surface area contributed by atoms with Crippen LogP contribution in [0.5, 0.6) is 0 Å². The third-order valence-electron chi connectivity index (χ3n) is 3.97. The Morgan fingerprint density at radius 3 is 2.75 bits per heavy atom. The van der Waals surface area contributed by atoms with Gasteiger partial charge in [0, 0.05) is 24.3 Å². The van der Waals surface area contributed by atoms with Crippen LogP contribution in [0.3, 0.4) is 0 Å². The minimum absolute atomic E-state index is 0.00437. The maximum Gasteiger partial charge on any atom is 0.236 e. The second-order valence-corrected chi connectivity index (χ2v) is 5.71. The Morgan fingerprint density at radius 2 is 2.20 bits per heavy atom. The van der Waals surface area contributed by atoms with Gasteiger partial charge in [-0.2, -0.15) is 5.10 Å². The van der Waals surface area contributed by atoms with Gasteiger partial charge in [0.25, 0.3) is 0 Å². The topological polar surface area (TPSA) is 46.9 Å². The van der Waals surface area contributed by atoms with Crippen LogP contribution in [0.2, 0.25) is 5.02 Å². The van der Waals surface area contributed by atoms with Gasteiger partial charge in [0.1, 0.15) is 0 Å². The molecule has 20 heavy (non-hydrogen) atoms. The fourth-order valence-electron chi connectivity index (χ4n) is 2.68. The molecule has 104 valence electrons. The van der Waals surface area contributed by atoms with Gasteiger partial charge in [-0.25, -0.2) is 0 Å². The standard InChI is InChI=1S/C15H16ClN3O/c1-19-9-6-13(18-19)17-14(20)15(7-3-8-15)11-4-2-5-12(16)10-11/h2,4-6,9-10H,3,7-8H2,1H3,(H,17,18,20). The molecule has 1 aromatic heterocycles. The Morgan fingerprint density at radius 1 is 1.40 bits per heavy atom. The maximum atomic E-state index is 12.6. The average molecular weight is 290 g/mol. The molecule has 2 aromatic rings. The Kier molecular flexibility index (Phi) is 3.26. The number of hydrogen-bond acceptors (Lipinski definition) is 2. The SMILES string of the molecule is Cn1ccc(NC(=O)C2(c3cccc(Cl)c3)CCC2)n1. The minimum atomic E-state index is -0.456. The number of nitrogens with zero attached hydrogens (tertiary/aromatic N) is 2. The lowest BCUT2D eigenvalue weighted by atomic mass is 9.64. The van der Waals surface area contributed by atoms with E-state index >= 15 is 0 Å². The monoisotopic (exact) mass is 289 g/mol. The summed E-state index contributed by atoms with van der Waals surface area (Å²) in [6.45, 7) is 0.